The second-order valence-corrected chi connectivity index (χ2v) is 7.29. The molecule has 0 spiro atoms. The minimum Gasteiger partial charge on any atom is -0.551 e. The number of nitrogens with zero attached hydrogens (tertiary/aromatic N) is 2. The van der Waals surface area contributed by atoms with Gasteiger partial charge in [-0.3, -0.25) is 0 Å². The average molecular weight is 370 g/mol. The van der Waals surface area contributed by atoms with E-state index < -0.39 is 0 Å². The molecular weight excluding hydrogens is 355 g/mol. The van der Waals surface area contributed by atoms with Crippen molar-refractivity contribution in [2.45, 2.75) is 0 Å². The minimum absolute atomic E-state index is 0.196. The van der Waals surface area contributed by atoms with E-state index in [0.29, 0.717) is 5.56 Å². The van der Waals surface area contributed by atoms with Crippen LogP contribution in [0.4, 0.5) is 17.1 Å². The number of benzene rings is 4. The quantitative estimate of drug-likeness (QED) is 0.463. The van der Waals surface area contributed by atoms with E-state index in [1.807, 2.05) is 24.3 Å². The molecule has 134 valence electrons. The van der Waals surface area contributed by atoms with Crippen LogP contribution in [-0.4, -0.2) is 6.92 Å². The molecule has 0 aromatic heterocycles. The Kier molecular flexibility index (Phi) is 3.33. The molecule has 2 heterocycles. The van der Waals surface area contributed by atoms with Crippen LogP contribution in [0.5, 0.6) is 5.75 Å². The molecule has 0 unspecified atom stereocenters. The fraction of sp³-hybridized carbons (Fsp3) is 0. The van der Waals surface area contributed by atoms with Crippen molar-refractivity contribution in [1.29, 1.82) is 5.26 Å². The number of nitriles is 1. The van der Waals surface area contributed by atoms with Gasteiger partial charge in [0.1, 0.15) is 5.75 Å². The van der Waals surface area contributed by atoms with Crippen LogP contribution in [0.15, 0.2) is 91.0 Å². The van der Waals surface area contributed by atoms with Crippen molar-refractivity contribution in [1.82, 2.24) is 0 Å². The summed E-state index contributed by atoms with van der Waals surface area (Å²) in [5, 5.41) is 9.32. The molecule has 0 amide bonds. The number of fused-ring (bicyclic) bond motifs is 4. The molecule has 3 nitrogen and oxygen atoms in total. The highest BCUT2D eigenvalue weighted by Gasteiger charge is 2.41. The summed E-state index contributed by atoms with van der Waals surface area (Å²) in [7, 11) is 0. The molecule has 4 aromatic rings. The summed E-state index contributed by atoms with van der Waals surface area (Å²) in [5.74, 6) is 0.765. The maximum absolute atomic E-state index is 9.32. The van der Waals surface area contributed by atoms with E-state index in [2.05, 4.69) is 77.7 Å². The minimum atomic E-state index is -0.196. The molecule has 4 aromatic carbocycles. The molecule has 2 aliphatic heterocycles. The first-order valence-corrected chi connectivity index (χ1v) is 9.63. The Balaban J connectivity index is 1.67. The van der Waals surface area contributed by atoms with Gasteiger partial charge in [0.05, 0.1) is 11.6 Å². The van der Waals surface area contributed by atoms with E-state index in [4.69, 9.17) is 4.65 Å². The molecule has 0 fully saturated rings. The van der Waals surface area contributed by atoms with Crippen LogP contribution in [0.25, 0.3) is 11.1 Å². The fourth-order valence-electron chi connectivity index (χ4n) is 4.47. The lowest BCUT2D eigenvalue weighted by Gasteiger charge is -2.39. The van der Waals surface area contributed by atoms with E-state index in [0.717, 1.165) is 39.4 Å². The van der Waals surface area contributed by atoms with E-state index in [9.17, 15) is 5.26 Å². The third kappa shape index (κ3) is 2.25. The first-order chi connectivity index (χ1) is 14.3. The molecule has 0 atom stereocenters. The molecular formula is C25H15BN2O. The van der Waals surface area contributed by atoms with Crippen LogP contribution >= 0.6 is 0 Å². The number of hydrogen-bond acceptors (Lipinski definition) is 3. The zero-order chi connectivity index (χ0) is 19.4. The lowest BCUT2D eigenvalue weighted by molar-refractivity contribution is 0.589. The van der Waals surface area contributed by atoms with Crippen LogP contribution in [0.1, 0.15) is 5.56 Å². The highest BCUT2D eigenvalue weighted by atomic mass is 16.4. The van der Waals surface area contributed by atoms with Crippen molar-refractivity contribution >= 4 is 34.9 Å². The van der Waals surface area contributed by atoms with Gasteiger partial charge in [-0.15, -0.1) is 0 Å². The largest absolute Gasteiger partial charge is 0.551 e. The maximum Gasteiger partial charge on any atom is 0.431 e. The van der Waals surface area contributed by atoms with E-state index in [-0.39, 0.29) is 6.92 Å². The summed E-state index contributed by atoms with van der Waals surface area (Å²) in [5.41, 5.74) is 8.48. The van der Waals surface area contributed by atoms with Gasteiger partial charge in [-0.2, -0.15) is 5.26 Å². The Morgan fingerprint density at radius 1 is 0.759 bits per heavy atom. The Morgan fingerprint density at radius 3 is 2.41 bits per heavy atom. The van der Waals surface area contributed by atoms with Crippen molar-refractivity contribution in [3.8, 4) is 22.9 Å². The molecule has 0 N–H and O–H groups in total. The van der Waals surface area contributed by atoms with E-state index >= 15 is 0 Å². The molecule has 29 heavy (non-hydrogen) atoms. The predicted octanol–water partition coefficient (Wildman–Crippen LogP) is 4.51. The van der Waals surface area contributed by atoms with Gasteiger partial charge in [0.25, 0.3) is 0 Å². The Hall–Kier alpha value is -3.97. The number of rotatable bonds is 1. The standard InChI is InChI=1S/C25H15BN2O/c27-16-17-13-14-19-20-9-6-12-23-25(20)26(29-24(19)15-17)21-10-4-5-11-22(21)28(23)18-7-2-1-3-8-18/h1-15H. The summed E-state index contributed by atoms with van der Waals surface area (Å²) in [6.07, 6.45) is 0. The first kappa shape index (κ1) is 16.0. The van der Waals surface area contributed by atoms with Gasteiger partial charge in [0.15, 0.2) is 0 Å². The van der Waals surface area contributed by atoms with Crippen molar-refractivity contribution in [3.63, 3.8) is 0 Å². The van der Waals surface area contributed by atoms with Gasteiger partial charge in [-0.05, 0) is 53.5 Å². The molecule has 0 bridgehead atoms. The van der Waals surface area contributed by atoms with Gasteiger partial charge in [0.2, 0.25) is 0 Å². The van der Waals surface area contributed by atoms with Gasteiger partial charge >= 0.3 is 6.92 Å². The topological polar surface area (TPSA) is 36.3 Å². The normalized spacial score (nSPS) is 12.9. The van der Waals surface area contributed by atoms with Crippen molar-refractivity contribution < 1.29 is 4.65 Å². The zero-order valence-corrected chi connectivity index (χ0v) is 15.5. The lowest BCUT2D eigenvalue weighted by Crippen LogP contribution is -2.56. The van der Waals surface area contributed by atoms with Crippen LogP contribution in [-0.2, 0) is 0 Å². The Labute approximate surface area is 169 Å². The maximum atomic E-state index is 9.32. The summed E-state index contributed by atoms with van der Waals surface area (Å²) in [6, 6.07) is 33.1. The number of anilines is 3. The SMILES string of the molecule is N#Cc1ccc2c(c1)OB1c3ccccc3N(c3ccccc3)c3cccc-2c31. The third-order valence-electron chi connectivity index (χ3n) is 5.71. The van der Waals surface area contributed by atoms with Crippen LogP contribution in [0.3, 0.4) is 0 Å². The first-order valence-electron chi connectivity index (χ1n) is 9.63. The number of hydrogen-bond donors (Lipinski definition) is 0. The number of para-hydroxylation sites is 2. The van der Waals surface area contributed by atoms with Crippen LogP contribution in [0.2, 0.25) is 0 Å². The molecule has 0 saturated carbocycles. The zero-order valence-electron chi connectivity index (χ0n) is 15.5. The fourth-order valence-corrected chi connectivity index (χ4v) is 4.47. The van der Waals surface area contributed by atoms with Crippen LogP contribution in [0, 0.1) is 11.3 Å². The Bertz CT molecular complexity index is 1310. The van der Waals surface area contributed by atoms with E-state index in [1.54, 1.807) is 0 Å². The summed E-state index contributed by atoms with van der Waals surface area (Å²) < 4.78 is 6.52. The summed E-state index contributed by atoms with van der Waals surface area (Å²) in [6.45, 7) is -0.196. The average Bonchev–Trinajstić information content (AvgIpc) is 2.79. The highest BCUT2D eigenvalue weighted by molar-refractivity contribution is 6.85. The molecule has 6 rings (SSSR count). The van der Waals surface area contributed by atoms with Gasteiger partial charge < -0.3 is 9.55 Å². The van der Waals surface area contributed by atoms with Gasteiger partial charge in [0, 0.05) is 28.1 Å². The summed E-state index contributed by atoms with van der Waals surface area (Å²) >= 11 is 0. The predicted molar refractivity (Wildman–Crippen MR) is 117 cm³/mol. The lowest BCUT2D eigenvalue weighted by atomic mass is 9.49. The molecule has 4 heteroatoms. The summed E-state index contributed by atoms with van der Waals surface area (Å²) in [4.78, 5) is 2.31. The van der Waals surface area contributed by atoms with Gasteiger partial charge in [-0.25, -0.2) is 0 Å². The second kappa shape index (κ2) is 6.02. The second-order valence-electron chi connectivity index (χ2n) is 7.29. The molecule has 0 saturated heterocycles. The van der Waals surface area contributed by atoms with Crippen molar-refractivity contribution in [3.05, 3.63) is 96.6 Å². The molecule has 0 aliphatic carbocycles. The van der Waals surface area contributed by atoms with Crippen molar-refractivity contribution in [2.24, 2.45) is 0 Å². The smallest absolute Gasteiger partial charge is 0.431 e. The van der Waals surface area contributed by atoms with Crippen LogP contribution < -0.4 is 20.5 Å². The third-order valence-corrected chi connectivity index (χ3v) is 5.71. The van der Waals surface area contributed by atoms with Crippen molar-refractivity contribution in [2.75, 3.05) is 4.90 Å². The highest BCUT2D eigenvalue weighted by Crippen LogP contribution is 2.42. The molecule has 2 aliphatic rings. The van der Waals surface area contributed by atoms with E-state index in [1.165, 1.54) is 5.46 Å². The Morgan fingerprint density at radius 2 is 1.55 bits per heavy atom. The monoisotopic (exact) mass is 370 g/mol. The molecule has 0 radical (unpaired) electrons. The van der Waals surface area contributed by atoms with Gasteiger partial charge in [-0.1, -0.05) is 48.5 Å².